The molecule has 0 spiro atoms. The van der Waals surface area contributed by atoms with Crippen LogP contribution in [0, 0.1) is 20.8 Å². The van der Waals surface area contributed by atoms with E-state index in [4.69, 9.17) is 4.52 Å². The van der Waals surface area contributed by atoms with Gasteiger partial charge in [-0.05, 0) is 20.8 Å². The van der Waals surface area contributed by atoms with Crippen LogP contribution in [0.25, 0.3) is 0 Å². The van der Waals surface area contributed by atoms with Crippen molar-refractivity contribution in [3.63, 3.8) is 0 Å². The molecular weight excluding hydrogens is 248 g/mol. The van der Waals surface area contributed by atoms with E-state index in [0.717, 1.165) is 0 Å². The summed E-state index contributed by atoms with van der Waals surface area (Å²) in [7, 11) is 0. The minimum absolute atomic E-state index is 0.0552. The van der Waals surface area contributed by atoms with Crippen molar-refractivity contribution in [3.8, 4) is 0 Å². The van der Waals surface area contributed by atoms with E-state index in [2.05, 4.69) is 20.4 Å². The van der Waals surface area contributed by atoms with Gasteiger partial charge in [0, 0.05) is 17.3 Å². The van der Waals surface area contributed by atoms with Crippen LogP contribution in [0.3, 0.4) is 0 Å². The van der Waals surface area contributed by atoms with Gasteiger partial charge in [-0.1, -0.05) is 5.16 Å². The molecular formula is C12H14N4O3. The Balaban J connectivity index is 2.13. The largest absolute Gasteiger partial charge is 0.360 e. The van der Waals surface area contributed by atoms with E-state index in [0.29, 0.717) is 28.7 Å². The molecule has 0 aliphatic carbocycles. The second kappa shape index (κ2) is 5.05. The van der Waals surface area contributed by atoms with E-state index in [-0.39, 0.29) is 17.9 Å². The molecule has 2 N–H and O–H groups in total. The highest BCUT2D eigenvalue weighted by Gasteiger charge is 2.13. The SMILES string of the molecule is Cc1nc(C)c(CC(=O)Nc2cc(C)on2)c(=O)[nH]1. The molecule has 1 amide bonds. The summed E-state index contributed by atoms with van der Waals surface area (Å²) in [4.78, 5) is 30.3. The molecule has 0 atom stereocenters. The van der Waals surface area contributed by atoms with Crippen LogP contribution >= 0.6 is 0 Å². The number of rotatable bonds is 3. The third-order valence-electron chi connectivity index (χ3n) is 2.57. The Labute approximate surface area is 109 Å². The number of nitrogens with one attached hydrogen (secondary N) is 2. The van der Waals surface area contributed by atoms with Gasteiger partial charge in [0.1, 0.15) is 11.6 Å². The van der Waals surface area contributed by atoms with Gasteiger partial charge in [0.15, 0.2) is 5.82 Å². The lowest BCUT2D eigenvalue weighted by atomic mass is 10.1. The summed E-state index contributed by atoms with van der Waals surface area (Å²) in [6, 6.07) is 1.60. The summed E-state index contributed by atoms with van der Waals surface area (Å²) >= 11 is 0. The third-order valence-corrected chi connectivity index (χ3v) is 2.57. The fourth-order valence-corrected chi connectivity index (χ4v) is 1.73. The molecule has 7 heteroatoms. The number of amides is 1. The fourth-order valence-electron chi connectivity index (χ4n) is 1.73. The lowest BCUT2D eigenvalue weighted by Gasteiger charge is -2.04. The molecule has 0 saturated heterocycles. The van der Waals surface area contributed by atoms with E-state index in [9.17, 15) is 9.59 Å². The van der Waals surface area contributed by atoms with Crippen molar-refractivity contribution in [1.29, 1.82) is 0 Å². The Morgan fingerprint density at radius 3 is 2.74 bits per heavy atom. The molecule has 2 aromatic heterocycles. The summed E-state index contributed by atoms with van der Waals surface area (Å²) in [5, 5.41) is 6.20. The highest BCUT2D eigenvalue weighted by molar-refractivity contribution is 5.91. The molecule has 0 unspecified atom stereocenters. The summed E-state index contributed by atoms with van der Waals surface area (Å²) < 4.78 is 4.83. The molecule has 7 nitrogen and oxygen atoms in total. The first-order chi connectivity index (χ1) is 8.95. The maximum absolute atomic E-state index is 11.8. The second-order valence-corrected chi connectivity index (χ2v) is 4.26. The zero-order valence-electron chi connectivity index (χ0n) is 10.9. The predicted octanol–water partition coefficient (Wildman–Crippen LogP) is 0.864. The molecule has 0 saturated carbocycles. The van der Waals surface area contributed by atoms with Crippen LogP contribution in [0.4, 0.5) is 5.82 Å². The van der Waals surface area contributed by atoms with Crippen molar-refractivity contribution in [2.45, 2.75) is 27.2 Å². The van der Waals surface area contributed by atoms with E-state index in [1.165, 1.54) is 0 Å². The van der Waals surface area contributed by atoms with E-state index in [1.807, 2.05) is 0 Å². The van der Waals surface area contributed by atoms with Gasteiger partial charge in [0.05, 0.1) is 6.42 Å². The average Bonchev–Trinajstić information content (AvgIpc) is 2.69. The molecule has 0 bridgehead atoms. The number of hydrogen-bond donors (Lipinski definition) is 2. The third kappa shape index (κ3) is 3.06. The number of anilines is 1. The summed E-state index contributed by atoms with van der Waals surface area (Å²) in [6.45, 7) is 5.11. The van der Waals surface area contributed by atoms with Gasteiger partial charge in [-0.25, -0.2) is 4.98 Å². The molecule has 0 fully saturated rings. The first kappa shape index (κ1) is 13.0. The first-order valence-corrected chi connectivity index (χ1v) is 5.75. The van der Waals surface area contributed by atoms with E-state index >= 15 is 0 Å². The first-order valence-electron chi connectivity index (χ1n) is 5.75. The number of aryl methyl sites for hydroxylation is 3. The second-order valence-electron chi connectivity index (χ2n) is 4.26. The van der Waals surface area contributed by atoms with Crippen molar-refractivity contribution in [2.75, 3.05) is 5.32 Å². The Morgan fingerprint density at radius 2 is 2.16 bits per heavy atom. The van der Waals surface area contributed by atoms with Gasteiger partial charge in [-0.15, -0.1) is 0 Å². The molecule has 0 aliphatic rings. The number of nitrogens with zero attached hydrogens (tertiary/aromatic N) is 2. The van der Waals surface area contributed by atoms with Crippen LogP contribution in [-0.2, 0) is 11.2 Å². The van der Waals surface area contributed by atoms with Gasteiger partial charge in [0.25, 0.3) is 5.56 Å². The van der Waals surface area contributed by atoms with Crippen molar-refractivity contribution < 1.29 is 9.32 Å². The topological polar surface area (TPSA) is 101 Å². The van der Waals surface area contributed by atoms with Crippen LogP contribution in [0.15, 0.2) is 15.4 Å². The van der Waals surface area contributed by atoms with Crippen LogP contribution in [0.1, 0.15) is 22.8 Å². The van der Waals surface area contributed by atoms with Gasteiger partial charge in [-0.2, -0.15) is 0 Å². The van der Waals surface area contributed by atoms with Crippen LogP contribution < -0.4 is 10.9 Å². The number of H-pyrrole nitrogens is 1. The van der Waals surface area contributed by atoms with E-state index in [1.54, 1.807) is 26.8 Å². The zero-order chi connectivity index (χ0) is 14.0. The lowest BCUT2D eigenvalue weighted by Crippen LogP contribution is -2.24. The lowest BCUT2D eigenvalue weighted by molar-refractivity contribution is -0.115. The fraction of sp³-hybridized carbons (Fsp3) is 0.333. The number of aromatic amines is 1. The highest BCUT2D eigenvalue weighted by Crippen LogP contribution is 2.08. The summed E-state index contributed by atoms with van der Waals surface area (Å²) in [5.41, 5.74) is 0.604. The molecule has 2 aromatic rings. The van der Waals surface area contributed by atoms with Crippen molar-refractivity contribution >= 4 is 11.7 Å². The van der Waals surface area contributed by atoms with Crippen LogP contribution in [0.2, 0.25) is 0 Å². The normalized spacial score (nSPS) is 10.5. The van der Waals surface area contributed by atoms with Crippen molar-refractivity contribution in [1.82, 2.24) is 15.1 Å². The highest BCUT2D eigenvalue weighted by atomic mass is 16.5. The number of aromatic nitrogens is 3. The van der Waals surface area contributed by atoms with Gasteiger partial charge >= 0.3 is 0 Å². The standard InChI is InChI=1S/C12H14N4O3/c1-6-4-10(16-19-6)15-11(17)5-9-7(2)13-8(3)14-12(9)18/h4H,5H2,1-3H3,(H,13,14,18)(H,15,16,17). The average molecular weight is 262 g/mol. The maximum Gasteiger partial charge on any atom is 0.254 e. The summed E-state index contributed by atoms with van der Waals surface area (Å²) in [5.74, 6) is 1.12. The maximum atomic E-state index is 11.8. The molecule has 19 heavy (non-hydrogen) atoms. The Kier molecular flexibility index (Phi) is 3.46. The van der Waals surface area contributed by atoms with E-state index < -0.39 is 0 Å². The Hall–Kier alpha value is -2.44. The quantitative estimate of drug-likeness (QED) is 0.854. The molecule has 0 radical (unpaired) electrons. The number of carbonyl (C=O) groups excluding carboxylic acids is 1. The zero-order valence-corrected chi connectivity index (χ0v) is 10.9. The van der Waals surface area contributed by atoms with Gasteiger partial charge in [0.2, 0.25) is 5.91 Å². The van der Waals surface area contributed by atoms with Gasteiger partial charge < -0.3 is 14.8 Å². The molecule has 100 valence electrons. The monoisotopic (exact) mass is 262 g/mol. The van der Waals surface area contributed by atoms with Crippen LogP contribution in [0.5, 0.6) is 0 Å². The van der Waals surface area contributed by atoms with Gasteiger partial charge in [-0.3, -0.25) is 9.59 Å². The molecule has 0 aromatic carbocycles. The van der Waals surface area contributed by atoms with Crippen LogP contribution in [-0.4, -0.2) is 21.0 Å². The van der Waals surface area contributed by atoms with Crippen molar-refractivity contribution in [2.24, 2.45) is 0 Å². The number of hydrogen-bond acceptors (Lipinski definition) is 5. The summed E-state index contributed by atoms with van der Waals surface area (Å²) in [6.07, 6.45) is -0.0552. The molecule has 2 heterocycles. The Bertz CT molecular complexity index is 672. The molecule has 0 aliphatic heterocycles. The molecule has 2 rings (SSSR count). The smallest absolute Gasteiger partial charge is 0.254 e. The van der Waals surface area contributed by atoms with Crippen molar-refractivity contribution in [3.05, 3.63) is 39.3 Å². The predicted molar refractivity (Wildman–Crippen MR) is 67.9 cm³/mol. The number of carbonyl (C=O) groups is 1. The minimum Gasteiger partial charge on any atom is -0.360 e. The Morgan fingerprint density at radius 1 is 1.42 bits per heavy atom. The minimum atomic E-state index is -0.340.